The highest BCUT2D eigenvalue weighted by Gasteiger charge is 2.26. The molecule has 1 saturated heterocycles. The van der Waals surface area contributed by atoms with Crippen molar-refractivity contribution in [2.75, 3.05) is 26.7 Å². The quantitative estimate of drug-likeness (QED) is 0.591. The number of rotatable bonds is 7. The molecule has 1 N–H and O–H groups in total. The first-order valence-electron chi connectivity index (χ1n) is 11.3. The van der Waals surface area contributed by atoms with Crippen molar-refractivity contribution in [3.8, 4) is 5.75 Å². The fraction of sp³-hybridized carbons (Fsp3) is 0.370. The van der Waals surface area contributed by atoms with Gasteiger partial charge in [-0.3, -0.25) is 4.79 Å². The summed E-state index contributed by atoms with van der Waals surface area (Å²) in [4.78, 5) is 15.4. The maximum absolute atomic E-state index is 12.9. The van der Waals surface area contributed by atoms with Gasteiger partial charge in [0.25, 0.3) is 0 Å². The van der Waals surface area contributed by atoms with Crippen LogP contribution in [0.1, 0.15) is 36.9 Å². The molecule has 0 aromatic heterocycles. The molecule has 0 radical (unpaired) electrons. The number of methoxy groups -OCH3 is 1. The number of benzene rings is 3. The lowest BCUT2D eigenvalue weighted by molar-refractivity contribution is -0.127. The fourth-order valence-corrected chi connectivity index (χ4v) is 4.57. The molecular weight excluding hydrogens is 384 g/mol. The summed E-state index contributed by atoms with van der Waals surface area (Å²) in [5.74, 6) is 1.20. The number of likely N-dealkylation sites (tertiary alicyclic amines) is 1. The summed E-state index contributed by atoms with van der Waals surface area (Å²) >= 11 is 0. The summed E-state index contributed by atoms with van der Waals surface area (Å²) in [7, 11) is 1.70. The molecule has 0 bridgehead atoms. The Hall–Kier alpha value is -2.85. The number of nitrogens with zero attached hydrogens (tertiary/aromatic N) is 1. The Bertz CT molecular complexity index is 1020. The van der Waals surface area contributed by atoms with Crippen molar-refractivity contribution in [2.24, 2.45) is 5.92 Å². The van der Waals surface area contributed by atoms with E-state index in [9.17, 15) is 4.79 Å². The highest BCUT2D eigenvalue weighted by Crippen LogP contribution is 2.25. The summed E-state index contributed by atoms with van der Waals surface area (Å²) in [6, 6.07) is 23.0. The Morgan fingerprint density at radius 1 is 1.06 bits per heavy atom. The van der Waals surface area contributed by atoms with Gasteiger partial charge in [0.2, 0.25) is 5.91 Å². The van der Waals surface area contributed by atoms with Crippen LogP contribution in [-0.4, -0.2) is 37.6 Å². The number of nitrogens with one attached hydrogen (secondary N) is 1. The van der Waals surface area contributed by atoms with E-state index in [1.54, 1.807) is 7.11 Å². The van der Waals surface area contributed by atoms with Crippen LogP contribution in [0.2, 0.25) is 0 Å². The van der Waals surface area contributed by atoms with Crippen molar-refractivity contribution in [3.63, 3.8) is 0 Å². The predicted octanol–water partition coefficient (Wildman–Crippen LogP) is 4.98. The molecule has 1 heterocycles. The molecule has 0 spiro atoms. The van der Waals surface area contributed by atoms with Gasteiger partial charge in [-0.25, -0.2) is 0 Å². The number of amides is 1. The monoisotopic (exact) mass is 416 g/mol. The average Bonchev–Trinajstić information content (AvgIpc) is 2.82. The van der Waals surface area contributed by atoms with Gasteiger partial charge >= 0.3 is 0 Å². The number of ether oxygens (including phenoxy) is 1. The molecule has 3 aromatic rings. The normalized spacial score (nSPS) is 16.2. The Morgan fingerprint density at radius 2 is 1.81 bits per heavy atom. The molecule has 4 nitrogen and oxygen atoms in total. The van der Waals surface area contributed by atoms with Gasteiger partial charge in [0.1, 0.15) is 5.75 Å². The Balaban J connectivity index is 1.28. The third-order valence-electron chi connectivity index (χ3n) is 6.46. The molecule has 31 heavy (non-hydrogen) atoms. The van der Waals surface area contributed by atoms with E-state index in [1.807, 2.05) is 12.1 Å². The number of hydrogen-bond acceptors (Lipinski definition) is 3. The second-order valence-electron chi connectivity index (χ2n) is 8.52. The highest BCUT2D eigenvalue weighted by molar-refractivity contribution is 5.87. The van der Waals surface area contributed by atoms with Crippen molar-refractivity contribution in [1.29, 1.82) is 0 Å². The van der Waals surface area contributed by atoms with Gasteiger partial charge in [-0.05, 0) is 73.3 Å². The molecule has 1 amide bonds. The van der Waals surface area contributed by atoms with E-state index in [-0.39, 0.29) is 17.9 Å². The minimum Gasteiger partial charge on any atom is -0.497 e. The molecule has 1 atom stereocenters. The molecule has 1 aliphatic heterocycles. The van der Waals surface area contributed by atoms with Crippen molar-refractivity contribution in [1.82, 2.24) is 10.2 Å². The van der Waals surface area contributed by atoms with Crippen molar-refractivity contribution < 1.29 is 9.53 Å². The molecule has 1 unspecified atom stereocenters. The lowest BCUT2D eigenvalue weighted by atomic mass is 9.94. The van der Waals surface area contributed by atoms with Crippen LogP contribution >= 0.6 is 0 Å². The lowest BCUT2D eigenvalue weighted by Gasteiger charge is -2.32. The minimum absolute atomic E-state index is 0.00434. The van der Waals surface area contributed by atoms with E-state index in [4.69, 9.17) is 4.74 Å². The largest absolute Gasteiger partial charge is 0.497 e. The van der Waals surface area contributed by atoms with E-state index in [0.29, 0.717) is 0 Å². The van der Waals surface area contributed by atoms with Gasteiger partial charge in [0.05, 0.1) is 13.2 Å². The van der Waals surface area contributed by atoms with E-state index < -0.39 is 0 Å². The predicted molar refractivity (Wildman–Crippen MR) is 126 cm³/mol. The highest BCUT2D eigenvalue weighted by atomic mass is 16.5. The summed E-state index contributed by atoms with van der Waals surface area (Å²) in [5.41, 5.74) is 2.48. The van der Waals surface area contributed by atoms with Gasteiger partial charge in [-0.15, -0.1) is 0 Å². The zero-order chi connectivity index (χ0) is 21.6. The first-order valence-corrected chi connectivity index (χ1v) is 11.3. The van der Waals surface area contributed by atoms with Crippen LogP contribution in [0.5, 0.6) is 5.75 Å². The average molecular weight is 417 g/mol. The van der Waals surface area contributed by atoms with E-state index in [0.717, 1.165) is 44.6 Å². The zero-order valence-electron chi connectivity index (χ0n) is 18.5. The number of carbonyl (C=O) groups is 1. The maximum Gasteiger partial charge on any atom is 0.223 e. The molecule has 162 valence electrons. The molecule has 0 saturated carbocycles. The first kappa shape index (κ1) is 21.4. The maximum atomic E-state index is 12.9. The summed E-state index contributed by atoms with van der Waals surface area (Å²) < 4.78 is 5.32. The Labute approximate surface area is 185 Å². The minimum atomic E-state index is 0.00434. The van der Waals surface area contributed by atoms with Gasteiger partial charge < -0.3 is 15.0 Å². The van der Waals surface area contributed by atoms with E-state index >= 15 is 0 Å². The smallest absolute Gasteiger partial charge is 0.223 e. The van der Waals surface area contributed by atoms with Crippen LogP contribution in [0.25, 0.3) is 10.8 Å². The van der Waals surface area contributed by atoms with Crippen molar-refractivity contribution >= 4 is 16.7 Å². The SMILES string of the molecule is COc1cccc(CCN2CCC(C(=O)NC(C)c3cccc4ccccc34)CC2)c1. The van der Waals surface area contributed by atoms with Crippen molar-refractivity contribution in [3.05, 3.63) is 77.9 Å². The Morgan fingerprint density at radius 3 is 2.61 bits per heavy atom. The summed E-state index contributed by atoms with van der Waals surface area (Å²) in [5, 5.41) is 5.70. The molecular formula is C27H32N2O2. The molecule has 0 aliphatic carbocycles. The van der Waals surface area contributed by atoms with Gasteiger partial charge in [-0.2, -0.15) is 0 Å². The van der Waals surface area contributed by atoms with Gasteiger partial charge in [0.15, 0.2) is 0 Å². The van der Waals surface area contributed by atoms with Crippen LogP contribution < -0.4 is 10.1 Å². The van der Waals surface area contributed by atoms with Crippen LogP contribution in [0.3, 0.4) is 0 Å². The van der Waals surface area contributed by atoms with E-state index in [1.165, 1.54) is 21.9 Å². The van der Waals surface area contributed by atoms with Crippen LogP contribution in [0.15, 0.2) is 66.7 Å². The second-order valence-corrected chi connectivity index (χ2v) is 8.52. The molecule has 4 heteroatoms. The van der Waals surface area contributed by atoms with Crippen molar-refractivity contribution in [2.45, 2.75) is 32.2 Å². The Kier molecular flexibility index (Phi) is 6.88. The number of fused-ring (bicyclic) bond motifs is 1. The number of hydrogen-bond donors (Lipinski definition) is 1. The molecule has 4 rings (SSSR count). The van der Waals surface area contributed by atoms with Gasteiger partial charge in [0, 0.05) is 12.5 Å². The summed E-state index contributed by atoms with van der Waals surface area (Å²) in [6.45, 7) is 5.06. The third kappa shape index (κ3) is 5.26. The second kappa shape index (κ2) is 9.97. The molecule has 3 aromatic carbocycles. The van der Waals surface area contributed by atoms with Crippen LogP contribution in [-0.2, 0) is 11.2 Å². The topological polar surface area (TPSA) is 41.6 Å². The summed E-state index contributed by atoms with van der Waals surface area (Å²) in [6.07, 6.45) is 2.85. The zero-order valence-corrected chi connectivity index (χ0v) is 18.5. The molecule has 1 aliphatic rings. The first-order chi connectivity index (χ1) is 15.1. The van der Waals surface area contributed by atoms with Crippen LogP contribution in [0, 0.1) is 5.92 Å². The third-order valence-corrected chi connectivity index (χ3v) is 6.46. The number of piperidine rings is 1. The standard InChI is InChI=1S/C27H32N2O2/c1-20(25-12-6-9-22-8-3-4-11-26(22)25)28-27(30)23-14-17-29(18-15-23)16-13-21-7-5-10-24(19-21)31-2/h3-12,19-20,23H,13-18H2,1-2H3,(H,28,30). The fourth-order valence-electron chi connectivity index (χ4n) is 4.57. The molecule has 1 fully saturated rings. The van der Waals surface area contributed by atoms with E-state index in [2.05, 4.69) is 71.7 Å². The number of carbonyl (C=O) groups excluding carboxylic acids is 1. The lowest BCUT2D eigenvalue weighted by Crippen LogP contribution is -2.41. The van der Waals surface area contributed by atoms with Crippen LogP contribution in [0.4, 0.5) is 0 Å². The van der Waals surface area contributed by atoms with Gasteiger partial charge in [-0.1, -0.05) is 54.6 Å².